The molecule has 0 aliphatic rings. The molecule has 1 heterocycles. The van der Waals surface area contributed by atoms with Gasteiger partial charge in [0.1, 0.15) is 6.54 Å². The molecule has 0 aliphatic carbocycles. The standard InChI is InChI=1S/C19H22N4O4/c1-14(24)16(11-15-7-4-3-5-8-15)22-17(25)13-27-18(26)12-23(2)19-20-9-6-10-21-19/h3-10,16H,11-13H2,1-2H3,(H,22,25). The molecule has 8 nitrogen and oxygen atoms in total. The number of amides is 1. The topological polar surface area (TPSA) is 101 Å². The predicted octanol–water partition coefficient (Wildman–Crippen LogP) is 0.772. The Hall–Kier alpha value is -3.29. The van der Waals surface area contributed by atoms with Crippen molar-refractivity contribution in [3.8, 4) is 0 Å². The van der Waals surface area contributed by atoms with Crippen LogP contribution in [0.4, 0.5) is 5.95 Å². The molecule has 27 heavy (non-hydrogen) atoms. The highest BCUT2D eigenvalue weighted by Gasteiger charge is 2.19. The van der Waals surface area contributed by atoms with E-state index in [9.17, 15) is 14.4 Å². The second-order valence-corrected chi connectivity index (χ2v) is 5.99. The Bertz CT molecular complexity index is 768. The molecule has 0 saturated heterocycles. The second kappa shape index (κ2) is 10.0. The van der Waals surface area contributed by atoms with Gasteiger partial charge in [0.15, 0.2) is 12.4 Å². The van der Waals surface area contributed by atoms with E-state index in [0.29, 0.717) is 12.4 Å². The first-order chi connectivity index (χ1) is 13.0. The zero-order valence-electron chi connectivity index (χ0n) is 15.3. The lowest BCUT2D eigenvalue weighted by Gasteiger charge is -2.17. The maximum Gasteiger partial charge on any atom is 0.326 e. The van der Waals surface area contributed by atoms with Crippen molar-refractivity contribution in [1.29, 1.82) is 0 Å². The molecule has 1 atom stereocenters. The number of anilines is 1. The Kier molecular flexibility index (Phi) is 7.42. The summed E-state index contributed by atoms with van der Waals surface area (Å²) < 4.78 is 4.97. The van der Waals surface area contributed by atoms with E-state index < -0.39 is 24.5 Å². The van der Waals surface area contributed by atoms with Crippen LogP contribution in [0.1, 0.15) is 12.5 Å². The molecule has 0 fully saturated rings. The monoisotopic (exact) mass is 370 g/mol. The summed E-state index contributed by atoms with van der Waals surface area (Å²) in [5.74, 6) is -0.918. The molecule has 2 rings (SSSR count). The normalized spacial score (nSPS) is 11.3. The second-order valence-electron chi connectivity index (χ2n) is 5.99. The molecule has 0 aliphatic heterocycles. The van der Waals surface area contributed by atoms with Gasteiger partial charge in [-0.3, -0.25) is 14.4 Å². The van der Waals surface area contributed by atoms with Crippen LogP contribution in [0.3, 0.4) is 0 Å². The van der Waals surface area contributed by atoms with Crippen LogP contribution in [-0.2, 0) is 25.5 Å². The number of carbonyl (C=O) groups is 3. The largest absolute Gasteiger partial charge is 0.454 e. The highest BCUT2D eigenvalue weighted by atomic mass is 16.5. The van der Waals surface area contributed by atoms with Crippen molar-refractivity contribution >= 4 is 23.6 Å². The number of ether oxygens (including phenoxy) is 1. The van der Waals surface area contributed by atoms with E-state index >= 15 is 0 Å². The van der Waals surface area contributed by atoms with E-state index in [4.69, 9.17) is 4.74 Å². The number of Topliss-reactive ketones (excluding diaryl/α,β-unsaturated/α-hetero) is 1. The van der Waals surface area contributed by atoms with Crippen LogP contribution in [0, 0.1) is 0 Å². The van der Waals surface area contributed by atoms with Gasteiger partial charge in [0.2, 0.25) is 5.95 Å². The Morgan fingerprint density at radius 3 is 2.41 bits per heavy atom. The fourth-order valence-corrected chi connectivity index (χ4v) is 2.33. The molecule has 1 aromatic carbocycles. The SMILES string of the molecule is CC(=O)C(Cc1ccccc1)NC(=O)COC(=O)CN(C)c1ncccn1. The zero-order chi connectivity index (χ0) is 19.6. The fraction of sp³-hybridized carbons (Fsp3) is 0.316. The average Bonchev–Trinajstić information content (AvgIpc) is 2.67. The number of benzene rings is 1. The van der Waals surface area contributed by atoms with Crippen molar-refractivity contribution in [2.45, 2.75) is 19.4 Å². The summed E-state index contributed by atoms with van der Waals surface area (Å²) in [5, 5.41) is 2.60. The van der Waals surface area contributed by atoms with E-state index in [1.165, 1.54) is 11.8 Å². The van der Waals surface area contributed by atoms with Crippen LogP contribution in [-0.4, -0.2) is 53.9 Å². The number of nitrogens with one attached hydrogen (secondary N) is 1. The maximum atomic E-state index is 12.0. The third-order valence-electron chi connectivity index (χ3n) is 3.73. The summed E-state index contributed by atoms with van der Waals surface area (Å²) in [6.07, 6.45) is 3.50. The summed E-state index contributed by atoms with van der Waals surface area (Å²) in [6.45, 7) is 0.854. The van der Waals surface area contributed by atoms with Crippen molar-refractivity contribution in [1.82, 2.24) is 15.3 Å². The highest BCUT2D eigenvalue weighted by Crippen LogP contribution is 2.04. The molecular formula is C19H22N4O4. The number of carbonyl (C=O) groups excluding carboxylic acids is 3. The number of esters is 1. The van der Waals surface area contributed by atoms with Crippen molar-refractivity contribution in [2.24, 2.45) is 0 Å². The summed E-state index contributed by atoms with van der Waals surface area (Å²) in [5.41, 5.74) is 0.930. The van der Waals surface area contributed by atoms with Gasteiger partial charge in [0.25, 0.3) is 5.91 Å². The van der Waals surface area contributed by atoms with E-state index in [0.717, 1.165) is 5.56 Å². The lowest BCUT2D eigenvalue weighted by molar-refractivity contribution is -0.147. The van der Waals surface area contributed by atoms with E-state index in [2.05, 4.69) is 15.3 Å². The summed E-state index contributed by atoms with van der Waals surface area (Å²) in [6, 6.07) is 10.4. The van der Waals surface area contributed by atoms with Crippen LogP contribution in [0.15, 0.2) is 48.8 Å². The predicted molar refractivity (Wildman–Crippen MR) is 99.0 cm³/mol. The van der Waals surface area contributed by atoms with Gasteiger partial charge in [-0.1, -0.05) is 30.3 Å². The molecular weight excluding hydrogens is 348 g/mol. The first-order valence-electron chi connectivity index (χ1n) is 8.43. The molecule has 8 heteroatoms. The third-order valence-corrected chi connectivity index (χ3v) is 3.73. The lowest BCUT2D eigenvalue weighted by Crippen LogP contribution is -2.43. The van der Waals surface area contributed by atoms with Crippen molar-refractivity contribution < 1.29 is 19.1 Å². The molecule has 1 N–H and O–H groups in total. The van der Waals surface area contributed by atoms with Gasteiger partial charge in [0.05, 0.1) is 6.04 Å². The van der Waals surface area contributed by atoms with Crippen LogP contribution in [0.2, 0.25) is 0 Å². The first kappa shape index (κ1) is 20.0. The third kappa shape index (κ3) is 6.85. The smallest absolute Gasteiger partial charge is 0.326 e. The summed E-state index contributed by atoms with van der Waals surface area (Å²) in [4.78, 5) is 45.2. The Balaban J connectivity index is 1.79. The van der Waals surface area contributed by atoms with Crippen LogP contribution in [0.25, 0.3) is 0 Å². The van der Waals surface area contributed by atoms with E-state index in [-0.39, 0.29) is 12.3 Å². The van der Waals surface area contributed by atoms with Crippen LogP contribution in [0.5, 0.6) is 0 Å². The molecule has 0 saturated carbocycles. The minimum absolute atomic E-state index is 0.0998. The molecule has 1 aromatic heterocycles. The Morgan fingerprint density at radius 1 is 1.11 bits per heavy atom. The Morgan fingerprint density at radius 2 is 1.78 bits per heavy atom. The maximum absolute atomic E-state index is 12.0. The number of nitrogens with zero attached hydrogens (tertiary/aromatic N) is 3. The summed E-state index contributed by atoms with van der Waals surface area (Å²) >= 11 is 0. The minimum atomic E-state index is -0.668. The van der Waals surface area contributed by atoms with Gasteiger partial charge in [-0.15, -0.1) is 0 Å². The van der Waals surface area contributed by atoms with Crippen molar-refractivity contribution in [2.75, 3.05) is 25.1 Å². The number of likely N-dealkylation sites (N-methyl/N-ethyl adjacent to an activating group) is 1. The van der Waals surface area contributed by atoms with Gasteiger partial charge >= 0.3 is 5.97 Å². The number of ketones is 1. The van der Waals surface area contributed by atoms with Gasteiger partial charge in [-0.05, 0) is 25.0 Å². The molecule has 1 unspecified atom stereocenters. The van der Waals surface area contributed by atoms with Gasteiger partial charge < -0.3 is 15.0 Å². The quantitative estimate of drug-likeness (QED) is 0.651. The number of rotatable bonds is 9. The molecule has 142 valence electrons. The first-order valence-corrected chi connectivity index (χ1v) is 8.43. The van der Waals surface area contributed by atoms with Crippen LogP contribution < -0.4 is 10.2 Å². The van der Waals surface area contributed by atoms with E-state index in [1.54, 1.807) is 25.5 Å². The molecule has 1 amide bonds. The molecule has 0 radical (unpaired) electrons. The number of hydrogen-bond donors (Lipinski definition) is 1. The molecule has 0 spiro atoms. The molecule has 2 aromatic rings. The van der Waals surface area contributed by atoms with Gasteiger partial charge in [-0.25, -0.2) is 9.97 Å². The lowest BCUT2D eigenvalue weighted by atomic mass is 10.0. The number of hydrogen-bond acceptors (Lipinski definition) is 7. The Labute approximate surface area is 157 Å². The highest BCUT2D eigenvalue weighted by molar-refractivity contribution is 5.89. The van der Waals surface area contributed by atoms with Crippen molar-refractivity contribution in [3.63, 3.8) is 0 Å². The summed E-state index contributed by atoms with van der Waals surface area (Å²) in [7, 11) is 1.64. The minimum Gasteiger partial charge on any atom is -0.454 e. The zero-order valence-corrected chi connectivity index (χ0v) is 15.3. The van der Waals surface area contributed by atoms with Crippen LogP contribution >= 0.6 is 0 Å². The fourth-order valence-electron chi connectivity index (χ4n) is 2.33. The van der Waals surface area contributed by atoms with Crippen molar-refractivity contribution in [3.05, 3.63) is 54.4 Å². The van der Waals surface area contributed by atoms with Gasteiger partial charge in [0, 0.05) is 19.4 Å². The number of aromatic nitrogens is 2. The van der Waals surface area contributed by atoms with Gasteiger partial charge in [-0.2, -0.15) is 0 Å². The molecule has 0 bridgehead atoms. The average molecular weight is 370 g/mol. The van der Waals surface area contributed by atoms with E-state index in [1.807, 2.05) is 30.3 Å².